The van der Waals surface area contributed by atoms with Crippen LogP contribution in [0.2, 0.25) is 5.82 Å². The molecule has 0 bridgehead atoms. The first-order valence-corrected chi connectivity index (χ1v) is 9.39. The Balaban J connectivity index is 2.21. The van der Waals surface area contributed by atoms with Crippen LogP contribution in [-0.4, -0.2) is 41.3 Å². The molecule has 1 aliphatic carbocycles. The number of rotatable bonds is 2. The van der Waals surface area contributed by atoms with Gasteiger partial charge in [0.15, 0.2) is 5.17 Å². The lowest BCUT2D eigenvalue weighted by molar-refractivity contribution is 0.250. The van der Waals surface area contributed by atoms with E-state index in [4.69, 9.17) is 4.99 Å². The molecule has 2 rings (SSSR count). The maximum Gasteiger partial charge on any atom is 0.160 e. The Morgan fingerprint density at radius 1 is 1.15 bits per heavy atom. The second-order valence-corrected chi connectivity index (χ2v) is 8.42. The highest BCUT2D eigenvalue weighted by Gasteiger charge is 2.40. The standard InChI is InChI=1S/C16H31BN2S/c1-11(2)18-16-19(12(3)4)14-9-7-5-6-8-13(17)10-15(14)20-16/h11-15H,5-10,17H2,1-4H3/b18-16+. The molecule has 2 fully saturated rings. The summed E-state index contributed by atoms with van der Waals surface area (Å²) in [5.41, 5.74) is 0. The van der Waals surface area contributed by atoms with Crippen molar-refractivity contribution in [2.45, 2.75) is 95.4 Å². The van der Waals surface area contributed by atoms with Crippen molar-refractivity contribution in [3.05, 3.63) is 0 Å². The fraction of sp³-hybridized carbons (Fsp3) is 0.938. The molecule has 4 heteroatoms. The third-order valence-corrected chi connectivity index (χ3v) is 5.86. The van der Waals surface area contributed by atoms with Crippen molar-refractivity contribution in [3.8, 4) is 0 Å². The average molecular weight is 294 g/mol. The Hall–Kier alpha value is -0.115. The van der Waals surface area contributed by atoms with Crippen LogP contribution in [0.25, 0.3) is 0 Å². The summed E-state index contributed by atoms with van der Waals surface area (Å²) in [6, 6.07) is 1.70. The van der Waals surface area contributed by atoms with Crippen LogP contribution >= 0.6 is 11.8 Å². The van der Waals surface area contributed by atoms with Gasteiger partial charge >= 0.3 is 0 Å². The lowest BCUT2D eigenvalue weighted by Gasteiger charge is -2.32. The first-order chi connectivity index (χ1) is 9.49. The molecule has 0 radical (unpaired) electrons. The predicted molar refractivity (Wildman–Crippen MR) is 94.7 cm³/mol. The van der Waals surface area contributed by atoms with Crippen LogP contribution in [0, 0.1) is 0 Å². The number of thioether (sulfide) groups is 1. The predicted octanol–water partition coefficient (Wildman–Crippen LogP) is 3.72. The van der Waals surface area contributed by atoms with Crippen molar-refractivity contribution in [1.82, 2.24) is 4.90 Å². The number of hydrogen-bond acceptors (Lipinski definition) is 2. The van der Waals surface area contributed by atoms with Crippen LogP contribution in [0.3, 0.4) is 0 Å². The average Bonchev–Trinajstić information content (AvgIpc) is 2.67. The van der Waals surface area contributed by atoms with Crippen molar-refractivity contribution < 1.29 is 0 Å². The number of hydrogen-bond donors (Lipinski definition) is 0. The molecule has 2 nitrogen and oxygen atoms in total. The summed E-state index contributed by atoms with van der Waals surface area (Å²) < 4.78 is 0. The molecule has 3 atom stereocenters. The Morgan fingerprint density at radius 2 is 1.85 bits per heavy atom. The SMILES string of the molecule is BC1CCCCCC2C(C1)S/C(=N/C(C)C)N2C(C)C. The zero-order chi connectivity index (χ0) is 14.7. The summed E-state index contributed by atoms with van der Waals surface area (Å²) in [6.45, 7) is 9.05. The molecular weight excluding hydrogens is 263 g/mol. The Morgan fingerprint density at radius 3 is 2.50 bits per heavy atom. The van der Waals surface area contributed by atoms with Gasteiger partial charge in [-0.25, -0.2) is 0 Å². The van der Waals surface area contributed by atoms with E-state index in [1.54, 1.807) is 0 Å². The maximum atomic E-state index is 4.92. The summed E-state index contributed by atoms with van der Waals surface area (Å²) in [5, 5.41) is 2.08. The molecule has 0 aromatic heterocycles. The fourth-order valence-corrected chi connectivity index (χ4v) is 5.44. The third kappa shape index (κ3) is 3.96. The Bertz CT molecular complexity index is 343. The van der Waals surface area contributed by atoms with Crippen molar-refractivity contribution in [2.75, 3.05) is 0 Å². The van der Waals surface area contributed by atoms with Gasteiger partial charge < -0.3 is 4.90 Å². The molecule has 1 heterocycles. The van der Waals surface area contributed by atoms with Gasteiger partial charge in [-0.05, 0) is 40.5 Å². The minimum Gasteiger partial charge on any atom is -0.345 e. The van der Waals surface area contributed by atoms with E-state index in [-0.39, 0.29) is 0 Å². The van der Waals surface area contributed by atoms with Crippen LogP contribution in [0.1, 0.15) is 66.2 Å². The molecule has 3 unspecified atom stereocenters. The Kier molecular flexibility index (Phi) is 5.89. The highest BCUT2D eigenvalue weighted by molar-refractivity contribution is 8.14. The van der Waals surface area contributed by atoms with E-state index in [1.165, 1.54) is 43.7 Å². The van der Waals surface area contributed by atoms with E-state index in [0.717, 1.165) is 17.1 Å². The lowest BCUT2D eigenvalue weighted by Crippen LogP contribution is -2.42. The van der Waals surface area contributed by atoms with Crippen LogP contribution < -0.4 is 0 Å². The van der Waals surface area contributed by atoms with Gasteiger partial charge in [0.2, 0.25) is 0 Å². The van der Waals surface area contributed by atoms with Crippen molar-refractivity contribution in [1.29, 1.82) is 0 Å². The van der Waals surface area contributed by atoms with E-state index in [0.29, 0.717) is 12.1 Å². The molecule has 1 saturated carbocycles. The Labute approximate surface area is 130 Å². The first-order valence-electron chi connectivity index (χ1n) is 8.51. The second-order valence-electron chi connectivity index (χ2n) is 7.21. The van der Waals surface area contributed by atoms with Gasteiger partial charge in [-0.15, -0.1) is 0 Å². The minimum atomic E-state index is 0.406. The van der Waals surface area contributed by atoms with Crippen molar-refractivity contribution >= 4 is 24.8 Å². The molecule has 0 aromatic rings. The molecular formula is C16H31BN2S. The largest absolute Gasteiger partial charge is 0.345 e. The second kappa shape index (κ2) is 7.24. The smallest absolute Gasteiger partial charge is 0.160 e. The van der Waals surface area contributed by atoms with Crippen molar-refractivity contribution in [3.63, 3.8) is 0 Å². The topological polar surface area (TPSA) is 15.6 Å². The van der Waals surface area contributed by atoms with Crippen LogP contribution in [0.4, 0.5) is 0 Å². The highest BCUT2D eigenvalue weighted by atomic mass is 32.2. The summed E-state index contributed by atoms with van der Waals surface area (Å²) in [4.78, 5) is 7.55. The quantitative estimate of drug-likeness (QED) is 0.721. The summed E-state index contributed by atoms with van der Waals surface area (Å²) in [5.74, 6) is 0.875. The number of nitrogens with zero attached hydrogens (tertiary/aromatic N) is 2. The monoisotopic (exact) mass is 294 g/mol. The van der Waals surface area contributed by atoms with Crippen LogP contribution in [0.5, 0.6) is 0 Å². The molecule has 0 N–H and O–H groups in total. The van der Waals surface area contributed by atoms with Gasteiger partial charge in [-0.2, -0.15) is 0 Å². The van der Waals surface area contributed by atoms with Crippen molar-refractivity contribution in [2.24, 2.45) is 4.99 Å². The van der Waals surface area contributed by atoms with Gasteiger partial charge in [-0.1, -0.05) is 43.3 Å². The van der Waals surface area contributed by atoms with E-state index < -0.39 is 0 Å². The molecule has 2 aliphatic rings. The molecule has 1 aliphatic heterocycles. The van der Waals surface area contributed by atoms with Crippen LogP contribution in [0.15, 0.2) is 4.99 Å². The summed E-state index contributed by atoms with van der Waals surface area (Å²) in [6.07, 6.45) is 8.39. The molecule has 0 amide bonds. The van der Waals surface area contributed by atoms with Crippen LogP contribution in [-0.2, 0) is 0 Å². The minimum absolute atomic E-state index is 0.406. The molecule has 20 heavy (non-hydrogen) atoms. The van der Waals surface area contributed by atoms with E-state index in [2.05, 4.69) is 52.2 Å². The van der Waals surface area contributed by atoms with E-state index in [9.17, 15) is 0 Å². The maximum absolute atomic E-state index is 4.92. The van der Waals surface area contributed by atoms with E-state index in [1.807, 2.05) is 0 Å². The summed E-state index contributed by atoms with van der Waals surface area (Å²) >= 11 is 2.07. The molecule has 1 saturated heterocycles. The van der Waals surface area contributed by atoms with Gasteiger partial charge in [0.1, 0.15) is 7.85 Å². The summed E-state index contributed by atoms with van der Waals surface area (Å²) in [7, 11) is 2.44. The number of aliphatic imine (C=N–C) groups is 1. The number of fused-ring (bicyclic) bond motifs is 1. The molecule has 0 spiro atoms. The van der Waals surface area contributed by atoms with Gasteiger partial charge in [0, 0.05) is 23.4 Å². The first kappa shape index (κ1) is 16.3. The fourth-order valence-electron chi connectivity index (χ4n) is 3.59. The zero-order valence-corrected chi connectivity index (χ0v) is 14.7. The third-order valence-electron chi connectivity index (χ3n) is 4.52. The van der Waals surface area contributed by atoms with Gasteiger partial charge in [0.05, 0.1) is 0 Å². The highest BCUT2D eigenvalue weighted by Crippen LogP contribution is 2.41. The van der Waals surface area contributed by atoms with Gasteiger partial charge in [-0.3, -0.25) is 4.99 Å². The van der Waals surface area contributed by atoms with E-state index >= 15 is 0 Å². The van der Waals surface area contributed by atoms with Gasteiger partial charge in [0.25, 0.3) is 0 Å². The zero-order valence-electron chi connectivity index (χ0n) is 13.9. The lowest BCUT2D eigenvalue weighted by atomic mass is 9.79. The molecule has 0 aromatic carbocycles. The molecule has 114 valence electrons. The normalized spacial score (nSPS) is 34.2. The number of amidine groups is 1.